The maximum absolute atomic E-state index is 5.64. The molecule has 3 rings (SSSR count). The number of hydrogen-bond acceptors (Lipinski definition) is 5. The Morgan fingerprint density at radius 1 is 1.22 bits per heavy atom. The second-order valence-electron chi connectivity index (χ2n) is 4.24. The van der Waals surface area contributed by atoms with Crippen molar-refractivity contribution in [2.24, 2.45) is 0 Å². The number of benzene rings is 1. The molecule has 1 aromatic carbocycles. The first-order valence-corrected chi connectivity index (χ1v) is 6.01. The van der Waals surface area contributed by atoms with Crippen molar-refractivity contribution in [2.75, 3.05) is 31.6 Å². The molecule has 5 heteroatoms. The molecule has 96 valence electrons. The van der Waals surface area contributed by atoms with Crippen molar-refractivity contribution in [3.05, 3.63) is 42.7 Å². The highest BCUT2D eigenvalue weighted by Gasteiger charge is 2.20. The van der Waals surface area contributed by atoms with Crippen molar-refractivity contribution in [3.8, 4) is 0 Å². The zero-order chi connectivity index (χ0) is 12.2. The SMILES string of the molecule is C1=CN(c2ccccc2)CN1OCC1COCO1. The van der Waals surface area contributed by atoms with Crippen LogP contribution >= 0.6 is 0 Å². The second-order valence-corrected chi connectivity index (χ2v) is 4.24. The predicted molar refractivity (Wildman–Crippen MR) is 66.4 cm³/mol. The molecule has 1 atom stereocenters. The molecule has 0 bridgehead atoms. The molecular formula is C13H16N2O3. The molecule has 0 radical (unpaired) electrons. The van der Waals surface area contributed by atoms with E-state index in [0.717, 1.165) is 5.69 Å². The molecule has 0 aliphatic carbocycles. The van der Waals surface area contributed by atoms with Crippen LogP contribution in [0.4, 0.5) is 5.69 Å². The van der Waals surface area contributed by atoms with Gasteiger partial charge in [-0.15, -0.1) is 0 Å². The molecule has 5 nitrogen and oxygen atoms in total. The Labute approximate surface area is 106 Å². The zero-order valence-electron chi connectivity index (χ0n) is 10.1. The third kappa shape index (κ3) is 2.64. The standard InChI is InChI=1S/C13H16N2O3/c1-2-4-12(5-3-1)14-6-7-15(10-14)18-9-13-8-16-11-17-13/h1-7,13H,8-11H2. The summed E-state index contributed by atoms with van der Waals surface area (Å²) in [7, 11) is 0. The number of ether oxygens (including phenoxy) is 2. The smallest absolute Gasteiger partial charge is 0.147 e. The normalized spacial score (nSPS) is 23.0. The van der Waals surface area contributed by atoms with E-state index in [1.807, 2.05) is 30.6 Å². The molecule has 1 fully saturated rings. The van der Waals surface area contributed by atoms with Crippen LogP contribution < -0.4 is 4.90 Å². The summed E-state index contributed by atoms with van der Waals surface area (Å²) in [6, 6.07) is 10.2. The van der Waals surface area contributed by atoms with Gasteiger partial charge in [-0.1, -0.05) is 18.2 Å². The first kappa shape index (κ1) is 11.5. The minimum Gasteiger partial charge on any atom is -0.353 e. The van der Waals surface area contributed by atoms with Crippen LogP contribution in [-0.4, -0.2) is 37.8 Å². The third-order valence-electron chi connectivity index (χ3n) is 2.91. The monoisotopic (exact) mass is 248 g/mol. The summed E-state index contributed by atoms with van der Waals surface area (Å²) in [4.78, 5) is 7.76. The quantitative estimate of drug-likeness (QED) is 0.807. The topological polar surface area (TPSA) is 34.2 Å². The molecule has 1 aromatic rings. The van der Waals surface area contributed by atoms with Gasteiger partial charge in [-0.05, 0) is 12.1 Å². The van der Waals surface area contributed by atoms with Crippen molar-refractivity contribution in [1.82, 2.24) is 5.06 Å². The van der Waals surface area contributed by atoms with E-state index in [2.05, 4.69) is 17.0 Å². The summed E-state index contributed by atoms with van der Waals surface area (Å²) in [5.41, 5.74) is 1.15. The highest BCUT2D eigenvalue weighted by molar-refractivity contribution is 5.49. The van der Waals surface area contributed by atoms with Gasteiger partial charge in [0.25, 0.3) is 0 Å². The molecule has 2 heterocycles. The highest BCUT2D eigenvalue weighted by Crippen LogP contribution is 2.18. The number of rotatable bonds is 4. The predicted octanol–water partition coefficient (Wildman–Crippen LogP) is 1.54. The summed E-state index contributed by atoms with van der Waals surface area (Å²) in [6.07, 6.45) is 3.97. The molecule has 0 spiro atoms. The molecule has 0 amide bonds. The highest BCUT2D eigenvalue weighted by atomic mass is 16.7. The minimum absolute atomic E-state index is 0.0455. The largest absolute Gasteiger partial charge is 0.353 e. The van der Waals surface area contributed by atoms with Gasteiger partial charge >= 0.3 is 0 Å². The summed E-state index contributed by atoms with van der Waals surface area (Å²) in [5.74, 6) is 0. The average Bonchev–Trinajstić information content (AvgIpc) is 3.09. The van der Waals surface area contributed by atoms with Gasteiger partial charge < -0.3 is 14.4 Å². The van der Waals surface area contributed by atoms with Crippen LogP contribution in [0.25, 0.3) is 0 Å². The van der Waals surface area contributed by atoms with Gasteiger partial charge in [0.1, 0.15) is 26.2 Å². The van der Waals surface area contributed by atoms with E-state index in [-0.39, 0.29) is 6.10 Å². The molecule has 18 heavy (non-hydrogen) atoms. The van der Waals surface area contributed by atoms with E-state index >= 15 is 0 Å². The molecule has 2 aliphatic rings. The van der Waals surface area contributed by atoms with E-state index in [0.29, 0.717) is 26.7 Å². The van der Waals surface area contributed by atoms with Crippen molar-refractivity contribution < 1.29 is 14.3 Å². The van der Waals surface area contributed by atoms with Gasteiger partial charge in [-0.2, -0.15) is 0 Å². The van der Waals surface area contributed by atoms with E-state index in [9.17, 15) is 0 Å². The van der Waals surface area contributed by atoms with E-state index in [4.69, 9.17) is 14.3 Å². The Balaban J connectivity index is 1.48. The van der Waals surface area contributed by atoms with Gasteiger partial charge in [0.05, 0.1) is 6.61 Å². The van der Waals surface area contributed by atoms with Gasteiger partial charge in [-0.25, -0.2) is 5.06 Å². The number of anilines is 1. The lowest BCUT2D eigenvalue weighted by molar-refractivity contribution is -0.139. The number of para-hydroxylation sites is 1. The summed E-state index contributed by atoms with van der Waals surface area (Å²) in [5, 5.41) is 1.80. The summed E-state index contributed by atoms with van der Waals surface area (Å²) >= 11 is 0. The molecule has 0 aromatic heterocycles. The molecule has 1 unspecified atom stereocenters. The Morgan fingerprint density at radius 2 is 2.11 bits per heavy atom. The second kappa shape index (κ2) is 5.39. The number of hydrogen-bond donors (Lipinski definition) is 0. The molecule has 0 N–H and O–H groups in total. The molecular weight excluding hydrogens is 232 g/mol. The lowest BCUT2D eigenvalue weighted by Crippen LogP contribution is -2.29. The first-order chi connectivity index (χ1) is 8.92. The van der Waals surface area contributed by atoms with Gasteiger partial charge in [0.2, 0.25) is 0 Å². The van der Waals surface area contributed by atoms with Gasteiger partial charge in [0, 0.05) is 18.1 Å². The van der Waals surface area contributed by atoms with Crippen molar-refractivity contribution in [2.45, 2.75) is 6.10 Å². The fourth-order valence-corrected chi connectivity index (χ4v) is 1.92. The van der Waals surface area contributed by atoms with Crippen LogP contribution in [0.15, 0.2) is 42.7 Å². The van der Waals surface area contributed by atoms with Gasteiger partial charge in [0.15, 0.2) is 0 Å². The van der Waals surface area contributed by atoms with Gasteiger partial charge in [-0.3, -0.25) is 4.84 Å². The minimum atomic E-state index is 0.0455. The van der Waals surface area contributed by atoms with Crippen LogP contribution in [0.3, 0.4) is 0 Å². The Hall–Kier alpha value is -1.56. The van der Waals surface area contributed by atoms with Crippen molar-refractivity contribution in [1.29, 1.82) is 0 Å². The van der Waals surface area contributed by atoms with Crippen molar-refractivity contribution in [3.63, 3.8) is 0 Å². The maximum Gasteiger partial charge on any atom is 0.147 e. The van der Waals surface area contributed by atoms with Crippen LogP contribution in [0.2, 0.25) is 0 Å². The Morgan fingerprint density at radius 3 is 2.89 bits per heavy atom. The Bertz CT molecular complexity index is 404. The van der Waals surface area contributed by atoms with Crippen LogP contribution in [-0.2, 0) is 14.3 Å². The average molecular weight is 248 g/mol. The fraction of sp³-hybridized carbons (Fsp3) is 0.385. The van der Waals surface area contributed by atoms with Crippen LogP contribution in [0.1, 0.15) is 0 Å². The number of nitrogens with zero attached hydrogens (tertiary/aromatic N) is 2. The molecule has 0 saturated carbocycles. The van der Waals surface area contributed by atoms with E-state index in [1.165, 1.54) is 0 Å². The first-order valence-electron chi connectivity index (χ1n) is 6.01. The molecule has 1 saturated heterocycles. The van der Waals surface area contributed by atoms with Crippen LogP contribution in [0.5, 0.6) is 0 Å². The summed E-state index contributed by atoms with van der Waals surface area (Å²) < 4.78 is 10.4. The van der Waals surface area contributed by atoms with E-state index < -0.39 is 0 Å². The zero-order valence-corrected chi connectivity index (χ0v) is 10.1. The summed E-state index contributed by atoms with van der Waals surface area (Å²) in [6.45, 7) is 2.20. The van der Waals surface area contributed by atoms with Crippen LogP contribution in [0, 0.1) is 0 Å². The maximum atomic E-state index is 5.64. The molecule has 2 aliphatic heterocycles. The Kier molecular flexibility index (Phi) is 3.45. The fourth-order valence-electron chi connectivity index (χ4n) is 1.92. The number of hydroxylamine groups is 2. The lowest BCUT2D eigenvalue weighted by atomic mass is 10.3. The van der Waals surface area contributed by atoms with E-state index in [1.54, 1.807) is 5.06 Å². The third-order valence-corrected chi connectivity index (χ3v) is 2.91. The lowest BCUT2D eigenvalue weighted by Gasteiger charge is -2.21. The van der Waals surface area contributed by atoms with Crippen molar-refractivity contribution >= 4 is 5.69 Å².